The van der Waals surface area contributed by atoms with Crippen LogP contribution in [0.3, 0.4) is 0 Å². The van der Waals surface area contributed by atoms with Gasteiger partial charge in [0.25, 0.3) is 5.56 Å². The molecule has 1 aromatic carbocycles. The maximum Gasteiger partial charge on any atom is 0.294 e. The molecule has 0 spiro atoms. The van der Waals surface area contributed by atoms with Crippen molar-refractivity contribution in [3.63, 3.8) is 0 Å². The number of nitriles is 1. The Labute approximate surface area is 199 Å². The molecule has 3 N–H and O–H groups in total. The molecule has 0 unspecified atom stereocenters. The molecular formula is C24H20ClN7O2. The van der Waals surface area contributed by atoms with Crippen molar-refractivity contribution in [3.8, 4) is 6.07 Å². The highest BCUT2D eigenvalue weighted by Crippen LogP contribution is 2.29. The maximum atomic E-state index is 13.2. The van der Waals surface area contributed by atoms with Gasteiger partial charge < -0.3 is 15.6 Å². The fourth-order valence-electron chi connectivity index (χ4n) is 4.23. The first kappa shape index (κ1) is 21.7. The second-order valence-corrected chi connectivity index (χ2v) is 8.43. The number of fused-ring (bicyclic) bond motifs is 2. The third kappa shape index (κ3) is 4.11. The third-order valence-electron chi connectivity index (χ3n) is 5.88. The Hall–Kier alpha value is -4.16. The summed E-state index contributed by atoms with van der Waals surface area (Å²) in [4.78, 5) is 37.8. The minimum absolute atomic E-state index is 0.0685. The Morgan fingerprint density at radius 3 is 3.00 bits per heavy atom. The molecule has 1 atom stereocenters. The number of halogens is 1. The number of hydrogen-bond acceptors (Lipinski definition) is 6. The minimum atomic E-state index is -0.670. The molecule has 4 aromatic rings. The van der Waals surface area contributed by atoms with Crippen LogP contribution in [-0.4, -0.2) is 25.4 Å². The molecule has 10 heteroatoms. The molecule has 1 amide bonds. The standard InChI is InChI=1S/C24H20ClN7O2/c25-21-19-4-5-20(23(33)29-13-17-9-16-12-27-7-6-18(16)30-17)32(19)24(34)22(31-21)28-11-15-3-1-2-14(8-15)10-26/h1-3,6-9,12,20,30H,4-5,11,13H2,(H,28,31)(H,29,33)/t20-/m0/s1. The van der Waals surface area contributed by atoms with Gasteiger partial charge in [0.2, 0.25) is 5.91 Å². The first-order valence-electron chi connectivity index (χ1n) is 10.8. The van der Waals surface area contributed by atoms with Gasteiger partial charge in [-0.2, -0.15) is 5.26 Å². The number of aromatic nitrogens is 4. The van der Waals surface area contributed by atoms with E-state index in [0.717, 1.165) is 22.2 Å². The Morgan fingerprint density at radius 1 is 1.29 bits per heavy atom. The van der Waals surface area contributed by atoms with E-state index in [1.165, 1.54) is 4.57 Å². The highest BCUT2D eigenvalue weighted by atomic mass is 35.5. The Balaban J connectivity index is 1.33. The van der Waals surface area contributed by atoms with E-state index in [2.05, 4.69) is 31.7 Å². The molecule has 0 fully saturated rings. The van der Waals surface area contributed by atoms with Crippen LogP contribution in [0.15, 0.2) is 53.6 Å². The van der Waals surface area contributed by atoms with E-state index in [1.807, 2.05) is 18.2 Å². The lowest BCUT2D eigenvalue weighted by Gasteiger charge is -2.16. The van der Waals surface area contributed by atoms with Gasteiger partial charge in [-0.15, -0.1) is 0 Å². The molecular weight excluding hydrogens is 454 g/mol. The third-order valence-corrected chi connectivity index (χ3v) is 6.18. The van der Waals surface area contributed by atoms with Crippen LogP contribution < -0.4 is 16.2 Å². The molecule has 1 aliphatic heterocycles. The van der Waals surface area contributed by atoms with E-state index in [-0.39, 0.29) is 16.9 Å². The second kappa shape index (κ2) is 9.00. The summed E-state index contributed by atoms with van der Waals surface area (Å²) in [5, 5.41) is 16.2. The van der Waals surface area contributed by atoms with Crippen LogP contribution in [0.5, 0.6) is 0 Å². The SMILES string of the molecule is N#Cc1cccc(CNc2nc(Cl)c3n(c2=O)[C@H](C(=O)NCc2cc4cnccc4[nH]2)CC3)c1. The summed E-state index contributed by atoms with van der Waals surface area (Å²) in [6.45, 7) is 0.590. The lowest BCUT2D eigenvalue weighted by Crippen LogP contribution is -2.36. The van der Waals surface area contributed by atoms with Crippen molar-refractivity contribution in [1.82, 2.24) is 24.8 Å². The van der Waals surface area contributed by atoms with Crippen molar-refractivity contribution in [2.45, 2.75) is 32.0 Å². The van der Waals surface area contributed by atoms with Gasteiger partial charge in [0, 0.05) is 35.5 Å². The van der Waals surface area contributed by atoms with Crippen LogP contribution >= 0.6 is 11.6 Å². The summed E-state index contributed by atoms with van der Waals surface area (Å²) in [5.41, 5.74) is 3.29. The number of pyridine rings is 1. The number of nitrogens with one attached hydrogen (secondary N) is 3. The number of aromatic amines is 1. The summed E-state index contributed by atoms with van der Waals surface area (Å²) in [6, 6.07) is 12.3. The average molecular weight is 474 g/mol. The Bertz CT molecular complexity index is 1470. The van der Waals surface area contributed by atoms with Gasteiger partial charge in [0.05, 0.1) is 23.9 Å². The zero-order valence-corrected chi connectivity index (χ0v) is 18.8. The predicted molar refractivity (Wildman–Crippen MR) is 127 cm³/mol. The molecule has 9 nitrogen and oxygen atoms in total. The predicted octanol–water partition coefficient (Wildman–Crippen LogP) is 3.06. The van der Waals surface area contributed by atoms with Crippen molar-refractivity contribution in [2.24, 2.45) is 0 Å². The van der Waals surface area contributed by atoms with E-state index < -0.39 is 11.6 Å². The number of rotatable bonds is 6. The van der Waals surface area contributed by atoms with E-state index in [1.54, 1.807) is 30.6 Å². The fourth-order valence-corrected chi connectivity index (χ4v) is 4.50. The van der Waals surface area contributed by atoms with Crippen LogP contribution in [0.1, 0.15) is 35.0 Å². The summed E-state index contributed by atoms with van der Waals surface area (Å²) < 4.78 is 1.44. The number of H-pyrrole nitrogens is 1. The second-order valence-electron chi connectivity index (χ2n) is 8.07. The first-order valence-corrected chi connectivity index (χ1v) is 11.1. The van der Waals surface area contributed by atoms with Crippen molar-refractivity contribution < 1.29 is 4.79 Å². The van der Waals surface area contributed by atoms with Crippen molar-refractivity contribution in [3.05, 3.63) is 86.8 Å². The van der Waals surface area contributed by atoms with Crippen LogP contribution in [0.25, 0.3) is 10.9 Å². The van der Waals surface area contributed by atoms with Crippen LogP contribution in [0, 0.1) is 11.3 Å². The van der Waals surface area contributed by atoms with Crippen LogP contribution in [0.4, 0.5) is 5.82 Å². The van der Waals surface area contributed by atoms with Crippen molar-refractivity contribution in [1.29, 1.82) is 5.26 Å². The molecule has 0 radical (unpaired) electrons. The number of nitrogens with zero attached hydrogens (tertiary/aromatic N) is 4. The summed E-state index contributed by atoms with van der Waals surface area (Å²) in [6.07, 6.45) is 4.41. The number of carbonyl (C=O) groups is 1. The summed E-state index contributed by atoms with van der Waals surface area (Å²) in [7, 11) is 0. The van der Waals surface area contributed by atoms with E-state index in [0.29, 0.717) is 37.2 Å². The molecule has 1 aliphatic rings. The van der Waals surface area contributed by atoms with Crippen LogP contribution in [0.2, 0.25) is 5.15 Å². The molecule has 3 aromatic heterocycles. The van der Waals surface area contributed by atoms with Gasteiger partial charge in [-0.25, -0.2) is 4.98 Å². The van der Waals surface area contributed by atoms with Gasteiger partial charge >= 0.3 is 0 Å². The highest BCUT2D eigenvalue weighted by molar-refractivity contribution is 6.30. The fraction of sp³-hybridized carbons (Fsp3) is 0.208. The van der Waals surface area contributed by atoms with E-state index in [9.17, 15) is 9.59 Å². The molecule has 0 saturated heterocycles. The van der Waals surface area contributed by atoms with Gasteiger partial charge in [0.15, 0.2) is 11.0 Å². The molecule has 0 saturated carbocycles. The van der Waals surface area contributed by atoms with Crippen molar-refractivity contribution in [2.75, 3.05) is 5.32 Å². The van der Waals surface area contributed by atoms with Gasteiger partial charge in [-0.3, -0.25) is 19.1 Å². The number of anilines is 1. The monoisotopic (exact) mass is 473 g/mol. The normalized spacial score (nSPS) is 14.5. The van der Waals surface area contributed by atoms with E-state index in [4.69, 9.17) is 16.9 Å². The van der Waals surface area contributed by atoms with Crippen LogP contribution in [-0.2, 0) is 24.3 Å². The average Bonchev–Trinajstić information content (AvgIpc) is 3.49. The molecule has 4 heterocycles. The molecule has 170 valence electrons. The van der Waals surface area contributed by atoms with Gasteiger partial charge in [-0.05, 0) is 42.7 Å². The first-order chi connectivity index (χ1) is 16.5. The molecule has 0 bridgehead atoms. The van der Waals surface area contributed by atoms with Gasteiger partial charge in [0.1, 0.15) is 6.04 Å². The Kier molecular flexibility index (Phi) is 5.74. The molecule has 34 heavy (non-hydrogen) atoms. The summed E-state index contributed by atoms with van der Waals surface area (Å²) in [5.74, 6) is -0.188. The number of amides is 1. The summed E-state index contributed by atoms with van der Waals surface area (Å²) >= 11 is 6.37. The number of benzene rings is 1. The molecule has 0 aliphatic carbocycles. The topological polar surface area (TPSA) is 128 Å². The molecule has 5 rings (SSSR count). The zero-order valence-electron chi connectivity index (χ0n) is 18.0. The Morgan fingerprint density at radius 2 is 2.18 bits per heavy atom. The lowest BCUT2D eigenvalue weighted by atomic mass is 10.1. The number of carbonyl (C=O) groups excluding carboxylic acids is 1. The highest BCUT2D eigenvalue weighted by Gasteiger charge is 2.32. The van der Waals surface area contributed by atoms with E-state index >= 15 is 0 Å². The van der Waals surface area contributed by atoms with Gasteiger partial charge in [-0.1, -0.05) is 23.7 Å². The maximum absolute atomic E-state index is 13.2. The van der Waals surface area contributed by atoms with Crippen molar-refractivity contribution >= 4 is 34.2 Å². The zero-order chi connectivity index (χ0) is 23.7. The lowest BCUT2D eigenvalue weighted by molar-refractivity contribution is -0.124. The smallest absolute Gasteiger partial charge is 0.294 e. The largest absolute Gasteiger partial charge is 0.361 e. The minimum Gasteiger partial charge on any atom is -0.361 e. The quantitative estimate of drug-likeness (QED) is 0.395. The number of hydrogen-bond donors (Lipinski definition) is 3.